The van der Waals surface area contributed by atoms with Gasteiger partial charge in [-0.05, 0) is 38.1 Å². The predicted octanol–water partition coefficient (Wildman–Crippen LogP) is 1.71. The van der Waals surface area contributed by atoms with E-state index in [1.807, 2.05) is 6.07 Å². The molecule has 0 heterocycles. The number of rotatable bonds is 3. The van der Waals surface area contributed by atoms with E-state index in [0.717, 1.165) is 0 Å². The zero-order chi connectivity index (χ0) is 10.6. The minimum Gasteiger partial charge on any atom is -0.491 e. The molecule has 1 N–H and O–H groups in total. The Morgan fingerprint density at radius 1 is 1.36 bits per heavy atom. The minimum atomic E-state index is -0.839. The van der Waals surface area contributed by atoms with Gasteiger partial charge in [0.25, 0.3) is 0 Å². The predicted molar refractivity (Wildman–Crippen MR) is 52.9 cm³/mol. The Morgan fingerprint density at radius 3 is 2.36 bits per heavy atom. The molecule has 0 aliphatic carbocycles. The van der Waals surface area contributed by atoms with Crippen LogP contribution in [0.2, 0.25) is 0 Å². The molecule has 0 radical (unpaired) electrons. The molecule has 0 saturated carbocycles. The zero-order valence-electron chi connectivity index (χ0n) is 8.32. The van der Waals surface area contributed by atoms with E-state index in [2.05, 4.69) is 0 Å². The first kappa shape index (κ1) is 10.6. The van der Waals surface area contributed by atoms with Crippen LogP contribution in [-0.4, -0.2) is 17.3 Å². The lowest BCUT2D eigenvalue weighted by Crippen LogP contribution is -2.27. The third kappa shape index (κ3) is 3.46. The summed E-state index contributed by atoms with van der Waals surface area (Å²) in [5.74, 6) is 0.658. The summed E-state index contributed by atoms with van der Waals surface area (Å²) >= 11 is 0. The lowest BCUT2D eigenvalue weighted by Gasteiger charge is -2.17. The Bertz CT molecular complexity index is 330. The van der Waals surface area contributed by atoms with Gasteiger partial charge in [-0.25, -0.2) is 0 Å². The Balaban J connectivity index is 2.58. The highest BCUT2D eigenvalue weighted by atomic mass is 16.5. The van der Waals surface area contributed by atoms with E-state index in [9.17, 15) is 5.11 Å². The molecule has 0 aliphatic rings. The molecular weight excluding hydrogens is 178 g/mol. The largest absolute Gasteiger partial charge is 0.491 e. The first-order valence-corrected chi connectivity index (χ1v) is 4.36. The molecule has 0 unspecified atom stereocenters. The Labute approximate surface area is 83.6 Å². The Kier molecular flexibility index (Phi) is 3.10. The zero-order valence-corrected chi connectivity index (χ0v) is 8.32. The summed E-state index contributed by atoms with van der Waals surface area (Å²) < 4.78 is 5.31. The Hall–Kier alpha value is -1.53. The van der Waals surface area contributed by atoms with Gasteiger partial charge in [0.2, 0.25) is 0 Å². The monoisotopic (exact) mass is 191 g/mol. The summed E-state index contributed by atoms with van der Waals surface area (Å²) in [4.78, 5) is 0. The number of nitrogens with zero attached hydrogens (tertiary/aromatic N) is 1. The van der Waals surface area contributed by atoms with Gasteiger partial charge in [-0.1, -0.05) is 0 Å². The highest BCUT2D eigenvalue weighted by molar-refractivity contribution is 5.34. The van der Waals surface area contributed by atoms with E-state index in [1.165, 1.54) is 0 Å². The van der Waals surface area contributed by atoms with Gasteiger partial charge >= 0.3 is 0 Å². The topological polar surface area (TPSA) is 53.2 Å². The van der Waals surface area contributed by atoms with Crippen molar-refractivity contribution in [3.8, 4) is 11.8 Å². The standard InChI is InChI=1S/C11H13NO2/c1-11(2,13)8-14-10-5-3-9(7-12)4-6-10/h3-6,13H,8H2,1-2H3. The molecule has 74 valence electrons. The summed E-state index contributed by atoms with van der Waals surface area (Å²) in [6.07, 6.45) is 0. The quantitative estimate of drug-likeness (QED) is 0.791. The normalized spacial score (nSPS) is 10.7. The van der Waals surface area contributed by atoms with Gasteiger partial charge in [-0.2, -0.15) is 5.26 Å². The van der Waals surface area contributed by atoms with Crippen molar-refractivity contribution in [2.45, 2.75) is 19.4 Å². The van der Waals surface area contributed by atoms with Crippen LogP contribution >= 0.6 is 0 Å². The molecule has 0 spiro atoms. The molecule has 3 nitrogen and oxygen atoms in total. The maximum absolute atomic E-state index is 9.40. The molecule has 1 aromatic carbocycles. The van der Waals surface area contributed by atoms with Crippen LogP contribution in [0.4, 0.5) is 0 Å². The lowest BCUT2D eigenvalue weighted by molar-refractivity contribution is 0.0285. The van der Waals surface area contributed by atoms with E-state index < -0.39 is 5.60 Å². The fraction of sp³-hybridized carbons (Fsp3) is 0.364. The summed E-state index contributed by atoms with van der Waals surface area (Å²) in [6.45, 7) is 3.59. The number of hydrogen-bond donors (Lipinski definition) is 1. The van der Waals surface area contributed by atoms with Gasteiger partial charge in [0, 0.05) is 0 Å². The first-order chi connectivity index (χ1) is 6.51. The van der Waals surface area contributed by atoms with Crippen molar-refractivity contribution < 1.29 is 9.84 Å². The molecule has 1 rings (SSSR count). The van der Waals surface area contributed by atoms with Gasteiger partial charge in [0.15, 0.2) is 0 Å². The molecule has 0 saturated heterocycles. The summed E-state index contributed by atoms with van der Waals surface area (Å²) in [6, 6.07) is 8.81. The van der Waals surface area contributed by atoms with Crippen LogP contribution < -0.4 is 4.74 Å². The molecule has 1 aromatic rings. The van der Waals surface area contributed by atoms with Crippen LogP contribution in [0.15, 0.2) is 24.3 Å². The average molecular weight is 191 g/mol. The van der Waals surface area contributed by atoms with Crippen LogP contribution in [0.5, 0.6) is 5.75 Å². The number of nitriles is 1. The average Bonchev–Trinajstić information content (AvgIpc) is 2.14. The highest BCUT2D eigenvalue weighted by Crippen LogP contribution is 2.13. The van der Waals surface area contributed by atoms with Crippen molar-refractivity contribution in [1.82, 2.24) is 0 Å². The fourth-order valence-corrected chi connectivity index (χ4v) is 0.886. The van der Waals surface area contributed by atoms with Crippen molar-refractivity contribution in [3.05, 3.63) is 29.8 Å². The second-order valence-electron chi connectivity index (χ2n) is 3.74. The molecule has 0 atom stereocenters. The van der Waals surface area contributed by atoms with E-state index in [-0.39, 0.29) is 6.61 Å². The fourth-order valence-electron chi connectivity index (χ4n) is 0.886. The van der Waals surface area contributed by atoms with E-state index in [1.54, 1.807) is 38.1 Å². The van der Waals surface area contributed by atoms with Crippen molar-refractivity contribution in [2.75, 3.05) is 6.61 Å². The van der Waals surface area contributed by atoms with Crippen LogP contribution in [-0.2, 0) is 0 Å². The first-order valence-electron chi connectivity index (χ1n) is 4.36. The molecule has 3 heteroatoms. The number of aliphatic hydroxyl groups is 1. The maximum Gasteiger partial charge on any atom is 0.119 e. The van der Waals surface area contributed by atoms with Gasteiger partial charge < -0.3 is 9.84 Å². The van der Waals surface area contributed by atoms with E-state index >= 15 is 0 Å². The molecule has 0 bridgehead atoms. The minimum absolute atomic E-state index is 0.235. The van der Waals surface area contributed by atoms with Crippen molar-refractivity contribution in [1.29, 1.82) is 5.26 Å². The van der Waals surface area contributed by atoms with Crippen molar-refractivity contribution >= 4 is 0 Å². The highest BCUT2D eigenvalue weighted by Gasteiger charge is 2.12. The molecule has 14 heavy (non-hydrogen) atoms. The molecule has 0 aromatic heterocycles. The molecule has 0 amide bonds. The second kappa shape index (κ2) is 4.12. The van der Waals surface area contributed by atoms with Crippen LogP contribution in [0, 0.1) is 11.3 Å². The van der Waals surface area contributed by atoms with Crippen LogP contribution in [0.1, 0.15) is 19.4 Å². The van der Waals surface area contributed by atoms with Crippen LogP contribution in [0.3, 0.4) is 0 Å². The smallest absolute Gasteiger partial charge is 0.119 e. The summed E-state index contributed by atoms with van der Waals surface area (Å²) in [5.41, 5.74) is -0.242. The van der Waals surface area contributed by atoms with Gasteiger partial charge in [-0.15, -0.1) is 0 Å². The summed E-state index contributed by atoms with van der Waals surface area (Å²) in [5, 5.41) is 18.0. The third-order valence-electron chi connectivity index (χ3n) is 1.58. The molecule has 0 fully saturated rings. The number of benzene rings is 1. The van der Waals surface area contributed by atoms with E-state index in [0.29, 0.717) is 11.3 Å². The van der Waals surface area contributed by atoms with Crippen molar-refractivity contribution in [3.63, 3.8) is 0 Å². The number of ether oxygens (including phenoxy) is 1. The van der Waals surface area contributed by atoms with Crippen molar-refractivity contribution in [2.24, 2.45) is 0 Å². The lowest BCUT2D eigenvalue weighted by atomic mass is 10.2. The van der Waals surface area contributed by atoms with Gasteiger partial charge in [0.05, 0.1) is 17.2 Å². The molecular formula is C11H13NO2. The SMILES string of the molecule is CC(C)(O)COc1ccc(C#N)cc1. The Morgan fingerprint density at radius 2 is 1.93 bits per heavy atom. The molecule has 0 aliphatic heterocycles. The maximum atomic E-state index is 9.40. The van der Waals surface area contributed by atoms with Gasteiger partial charge in [-0.3, -0.25) is 0 Å². The summed E-state index contributed by atoms with van der Waals surface area (Å²) in [7, 11) is 0. The third-order valence-corrected chi connectivity index (χ3v) is 1.58. The van der Waals surface area contributed by atoms with Crippen LogP contribution in [0.25, 0.3) is 0 Å². The second-order valence-corrected chi connectivity index (χ2v) is 3.74. The number of hydrogen-bond acceptors (Lipinski definition) is 3. The van der Waals surface area contributed by atoms with E-state index in [4.69, 9.17) is 10.00 Å². The van der Waals surface area contributed by atoms with Gasteiger partial charge in [0.1, 0.15) is 12.4 Å².